The molecule has 0 spiro atoms. The highest BCUT2D eigenvalue weighted by molar-refractivity contribution is 6.08. The Labute approximate surface area is 185 Å². The summed E-state index contributed by atoms with van der Waals surface area (Å²) in [5, 5.41) is 14.1. The van der Waals surface area contributed by atoms with Crippen molar-refractivity contribution in [2.24, 2.45) is 0 Å². The molecule has 0 aliphatic carbocycles. The Morgan fingerprint density at radius 3 is 2.66 bits per heavy atom. The lowest BCUT2D eigenvalue weighted by atomic mass is 10.1. The fraction of sp³-hybridized carbons (Fsp3) is 0.167. The highest BCUT2D eigenvalue weighted by Crippen LogP contribution is 2.27. The van der Waals surface area contributed by atoms with Gasteiger partial charge in [-0.3, -0.25) is 14.9 Å². The first-order valence-corrected chi connectivity index (χ1v) is 10.1. The van der Waals surface area contributed by atoms with Crippen molar-refractivity contribution in [2.75, 3.05) is 36.5 Å². The van der Waals surface area contributed by atoms with E-state index in [2.05, 4.69) is 22.1 Å². The number of carbonyl (C=O) groups excluding carboxylic acids is 1. The Balaban J connectivity index is 1.59. The maximum Gasteiger partial charge on any atom is 0.270 e. The minimum atomic E-state index is -0.506. The van der Waals surface area contributed by atoms with Crippen LogP contribution in [0.25, 0.3) is 0 Å². The average molecular weight is 428 g/mol. The summed E-state index contributed by atoms with van der Waals surface area (Å²) in [4.78, 5) is 30.0. The first-order chi connectivity index (χ1) is 15.6. The molecule has 1 aliphatic rings. The molecule has 3 aromatic rings. The lowest BCUT2D eigenvalue weighted by Crippen LogP contribution is -2.37. The molecular weight excluding hydrogens is 408 g/mol. The molecule has 0 bridgehead atoms. The molecular formula is C24H20N4O4. The number of hydrogen-bond donors (Lipinski definition) is 1. The number of carbonyl (C=O) groups is 1. The van der Waals surface area contributed by atoms with Crippen molar-refractivity contribution in [3.05, 3.63) is 93.8 Å². The molecule has 1 saturated heterocycles. The van der Waals surface area contributed by atoms with Gasteiger partial charge in [0, 0.05) is 42.7 Å². The first-order valence-electron chi connectivity index (χ1n) is 10.1. The third kappa shape index (κ3) is 5.09. The minimum absolute atomic E-state index is 0.137. The molecule has 1 amide bonds. The van der Waals surface area contributed by atoms with Gasteiger partial charge in [-0.15, -0.1) is 0 Å². The highest BCUT2D eigenvalue weighted by Gasteiger charge is 2.22. The standard InChI is InChI=1S/C24H20N4O4/c29-24(22-17-21(28(30)31)9-10-23(22)27-12-14-32-15-13-27)26-20-6-3-4-18(16-20)7-8-19-5-1-2-11-25-19/h1-6,9-11,16-17H,12-15H2,(H,26,29). The van der Waals surface area contributed by atoms with Crippen LogP contribution in [0.15, 0.2) is 66.9 Å². The third-order valence-corrected chi connectivity index (χ3v) is 4.91. The number of nitro benzene ring substituents is 1. The van der Waals surface area contributed by atoms with Gasteiger partial charge in [0.25, 0.3) is 11.6 Å². The van der Waals surface area contributed by atoms with Crippen LogP contribution in [0.1, 0.15) is 21.6 Å². The molecule has 32 heavy (non-hydrogen) atoms. The van der Waals surface area contributed by atoms with Crippen molar-refractivity contribution in [3.8, 4) is 11.8 Å². The number of amides is 1. The summed E-state index contributed by atoms with van der Waals surface area (Å²) in [7, 11) is 0. The Kier molecular flexibility index (Phi) is 6.39. The highest BCUT2D eigenvalue weighted by atomic mass is 16.6. The first kappa shape index (κ1) is 21.0. The molecule has 2 aromatic carbocycles. The number of nitro groups is 1. The Morgan fingerprint density at radius 1 is 1.06 bits per heavy atom. The molecule has 0 saturated carbocycles. The molecule has 4 rings (SSSR count). The number of benzene rings is 2. The Bertz CT molecular complexity index is 1200. The van der Waals surface area contributed by atoms with Crippen LogP contribution in [0.5, 0.6) is 0 Å². The van der Waals surface area contributed by atoms with Gasteiger partial charge in [-0.05, 0) is 42.3 Å². The second-order valence-corrected chi connectivity index (χ2v) is 7.06. The lowest BCUT2D eigenvalue weighted by Gasteiger charge is -2.30. The maximum atomic E-state index is 13.1. The zero-order chi connectivity index (χ0) is 22.3. The molecule has 1 aromatic heterocycles. The van der Waals surface area contributed by atoms with E-state index in [1.54, 1.807) is 30.5 Å². The molecule has 0 radical (unpaired) electrons. The van der Waals surface area contributed by atoms with Crippen LogP contribution in [0.4, 0.5) is 17.1 Å². The van der Waals surface area contributed by atoms with E-state index in [1.807, 2.05) is 29.2 Å². The lowest BCUT2D eigenvalue weighted by molar-refractivity contribution is -0.384. The van der Waals surface area contributed by atoms with E-state index in [0.29, 0.717) is 48.9 Å². The summed E-state index contributed by atoms with van der Waals surface area (Å²) in [5.41, 5.74) is 2.65. The predicted octanol–water partition coefficient (Wildman–Crippen LogP) is 3.48. The SMILES string of the molecule is O=C(Nc1cccc(C#Cc2ccccn2)c1)c1cc([N+](=O)[O-])ccc1N1CCOCC1. The topological polar surface area (TPSA) is 97.6 Å². The van der Waals surface area contributed by atoms with E-state index in [4.69, 9.17) is 4.74 Å². The molecule has 0 unspecified atom stereocenters. The van der Waals surface area contributed by atoms with Gasteiger partial charge in [0.15, 0.2) is 0 Å². The van der Waals surface area contributed by atoms with Gasteiger partial charge in [-0.2, -0.15) is 0 Å². The summed E-state index contributed by atoms with van der Waals surface area (Å²) >= 11 is 0. The molecule has 2 heterocycles. The van der Waals surface area contributed by atoms with Gasteiger partial charge >= 0.3 is 0 Å². The van der Waals surface area contributed by atoms with E-state index in [0.717, 1.165) is 0 Å². The maximum absolute atomic E-state index is 13.1. The normalized spacial score (nSPS) is 13.1. The van der Waals surface area contributed by atoms with Crippen molar-refractivity contribution in [3.63, 3.8) is 0 Å². The number of anilines is 2. The van der Waals surface area contributed by atoms with Crippen LogP contribution in [0, 0.1) is 22.0 Å². The van der Waals surface area contributed by atoms with Gasteiger partial charge in [0.05, 0.1) is 29.4 Å². The van der Waals surface area contributed by atoms with E-state index in [-0.39, 0.29) is 11.3 Å². The number of non-ortho nitro benzene ring substituents is 1. The second-order valence-electron chi connectivity index (χ2n) is 7.06. The summed E-state index contributed by atoms with van der Waals surface area (Å²) in [6.07, 6.45) is 1.67. The number of nitrogens with one attached hydrogen (secondary N) is 1. The van der Waals surface area contributed by atoms with Crippen LogP contribution in [-0.4, -0.2) is 42.1 Å². The quantitative estimate of drug-likeness (QED) is 0.388. The molecule has 0 atom stereocenters. The number of rotatable bonds is 4. The van der Waals surface area contributed by atoms with Crippen molar-refractivity contribution >= 4 is 23.0 Å². The Hall–Kier alpha value is -4.22. The molecule has 1 fully saturated rings. The summed E-state index contributed by atoms with van der Waals surface area (Å²) in [6, 6.07) is 16.9. The van der Waals surface area contributed by atoms with E-state index < -0.39 is 10.8 Å². The fourth-order valence-corrected chi connectivity index (χ4v) is 3.35. The summed E-state index contributed by atoms with van der Waals surface area (Å²) in [5.74, 6) is 5.58. The van der Waals surface area contributed by atoms with E-state index >= 15 is 0 Å². The zero-order valence-electron chi connectivity index (χ0n) is 17.2. The van der Waals surface area contributed by atoms with Gasteiger partial charge in [-0.25, -0.2) is 4.98 Å². The Morgan fingerprint density at radius 2 is 1.91 bits per heavy atom. The van der Waals surface area contributed by atoms with Crippen molar-refractivity contribution in [1.82, 2.24) is 4.98 Å². The number of morpholine rings is 1. The third-order valence-electron chi connectivity index (χ3n) is 4.91. The van der Waals surface area contributed by atoms with Crippen LogP contribution in [-0.2, 0) is 4.74 Å². The second kappa shape index (κ2) is 9.73. The molecule has 8 nitrogen and oxygen atoms in total. The van der Waals surface area contributed by atoms with E-state index in [1.165, 1.54) is 12.1 Å². The van der Waals surface area contributed by atoms with Crippen LogP contribution in [0.2, 0.25) is 0 Å². The average Bonchev–Trinajstić information content (AvgIpc) is 2.84. The predicted molar refractivity (Wildman–Crippen MR) is 121 cm³/mol. The van der Waals surface area contributed by atoms with Gasteiger partial charge in [0.2, 0.25) is 0 Å². The number of nitrogens with zero attached hydrogens (tertiary/aromatic N) is 3. The van der Waals surface area contributed by atoms with Crippen LogP contribution < -0.4 is 10.2 Å². The minimum Gasteiger partial charge on any atom is -0.378 e. The molecule has 8 heteroatoms. The molecule has 160 valence electrons. The van der Waals surface area contributed by atoms with Crippen molar-refractivity contribution < 1.29 is 14.5 Å². The largest absolute Gasteiger partial charge is 0.378 e. The molecule has 1 N–H and O–H groups in total. The fourth-order valence-electron chi connectivity index (χ4n) is 3.35. The number of aromatic nitrogens is 1. The van der Waals surface area contributed by atoms with Gasteiger partial charge < -0.3 is 15.0 Å². The number of pyridine rings is 1. The number of hydrogen-bond acceptors (Lipinski definition) is 6. The van der Waals surface area contributed by atoms with Crippen molar-refractivity contribution in [1.29, 1.82) is 0 Å². The smallest absolute Gasteiger partial charge is 0.270 e. The summed E-state index contributed by atoms with van der Waals surface area (Å²) < 4.78 is 5.38. The summed E-state index contributed by atoms with van der Waals surface area (Å²) in [6.45, 7) is 2.29. The zero-order valence-corrected chi connectivity index (χ0v) is 17.2. The monoisotopic (exact) mass is 428 g/mol. The molecule has 1 aliphatic heterocycles. The number of ether oxygens (including phenoxy) is 1. The van der Waals surface area contributed by atoms with Gasteiger partial charge in [0.1, 0.15) is 5.69 Å². The van der Waals surface area contributed by atoms with Crippen LogP contribution >= 0.6 is 0 Å². The van der Waals surface area contributed by atoms with E-state index in [9.17, 15) is 14.9 Å². The van der Waals surface area contributed by atoms with Gasteiger partial charge in [-0.1, -0.05) is 18.1 Å². The van der Waals surface area contributed by atoms with Crippen molar-refractivity contribution in [2.45, 2.75) is 0 Å². The van der Waals surface area contributed by atoms with Crippen LogP contribution in [0.3, 0.4) is 0 Å².